The maximum Gasteiger partial charge on any atom is 0.252 e. The quantitative estimate of drug-likeness (QED) is 0.586. The first-order valence-electron chi connectivity index (χ1n) is 9.55. The van der Waals surface area contributed by atoms with Gasteiger partial charge in [0, 0.05) is 22.4 Å². The Hall–Kier alpha value is -3.39. The third kappa shape index (κ3) is 4.39. The molecule has 0 unspecified atom stereocenters. The number of carbonyl (C=O) groups is 1. The summed E-state index contributed by atoms with van der Waals surface area (Å²) in [5, 5.41) is 0. The molecule has 0 bridgehead atoms. The number of sulfone groups is 1. The van der Waals surface area contributed by atoms with Crippen LogP contribution >= 0.6 is 0 Å². The Morgan fingerprint density at radius 2 is 1.68 bits per heavy atom. The van der Waals surface area contributed by atoms with Crippen molar-refractivity contribution in [1.82, 2.24) is 4.98 Å². The maximum absolute atomic E-state index is 13.6. The highest BCUT2D eigenvalue weighted by Gasteiger charge is 2.31. The van der Waals surface area contributed by atoms with Crippen molar-refractivity contribution in [3.63, 3.8) is 0 Å². The first kappa shape index (κ1) is 22.3. The molecule has 1 amide bonds. The highest BCUT2D eigenvalue weighted by molar-refractivity contribution is 7.91. The summed E-state index contributed by atoms with van der Waals surface area (Å²) in [7, 11) is -2.57. The van der Waals surface area contributed by atoms with Gasteiger partial charge in [0.25, 0.3) is 5.91 Å². The van der Waals surface area contributed by atoms with E-state index in [1.165, 1.54) is 18.2 Å². The number of rotatable bonds is 5. The molecule has 4 N–H and O–H groups in total. The maximum atomic E-state index is 13.6. The van der Waals surface area contributed by atoms with Crippen LogP contribution in [-0.4, -0.2) is 26.4 Å². The molecule has 2 aromatic carbocycles. The molecular formula is C23H25N3O4S. The van der Waals surface area contributed by atoms with Crippen molar-refractivity contribution in [2.24, 2.45) is 5.73 Å². The van der Waals surface area contributed by atoms with Crippen molar-refractivity contribution in [3.8, 4) is 17.0 Å². The average Bonchev–Trinajstić information content (AvgIpc) is 2.72. The lowest BCUT2D eigenvalue weighted by Crippen LogP contribution is -2.22. The number of benzene rings is 2. The Labute approximate surface area is 182 Å². The summed E-state index contributed by atoms with van der Waals surface area (Å²) in [6.07, 6.45) is 0. The second-order valence-electron chi connectivity index (χ2n) is 8.15. The highest BCUT2D eigenvalue weighted by atomic mass is 32.2. The van der Waals surface area contributed by atoms with Crippen LogP contribution in [0.3, 0.4) is 0 Å². The van der Waals surface area contributed by atoms with E-state index >= 15 is 0 Å². The molecule has 3 aromatic rings. The largest absolute Gasteiger partial charge is 0.497 e. The van der Waals surface area contributed by atoms with Crippen molar-refractivity contribution < 1.29 is 17.9 Å². The van der Waals surface area contributed by atoms with Crippen LogP contribution in [0, 0.1) is 0 Å². The fraction of sp³-hybridized carbons (Fsp3) is 0.217. The van der Waals surface area contributed by atoms with Gasteiger partial charge >= 0.3 is 0 Å². The molecule has 8 heteroatoms. The van der Waals surface area contributed by atoms with Crippen molar-refractivity contribution >= 4 is 21.4 Å². The summed E-state index contributed by atoms with van der Waals surface area (Å²) in [5.41, 5.74) is 12.4. The molecule has 162 valence electrons. The van der Waals surface area contributed by atoms with E-state index in [2.05, 4.69) is 4.98 Å². The number of ether oxygens (including phenoxy) is 1. The predicted octanol–water partition coefficient (Wildman–Crippen LogP) is 3.57. The van der Waals surface area contributed by atoms with Crippen LogP contribution < -0.4 is 16.2 Å². The van der Waals surface area contributed by atoms with Crippen molar-refractivity contribution in [2.45, 2.75) is 36.0 Å². The van der Waals surface area contributed by atoms with E-state index in [-0.39, 0.29) is 21.0 Å². The number of hydrogen-bond donors (Lipinski definition) is 2. The second-order valence-corrected chi connectivity index (χ2v) is 10.1. The summed E-state index contributed by atoms with van der Waals surface area (Å²) < 4.78 is 32.3. The van der Waals surface area contributed by atoms with E-state index in [1.54, 1.807) is 43.5 Å². The molecule has 3 rings (SSSR count). The lowest BCUT2D eigenvalue weighted by molar-refractivity contribution is 0.0997. The van der Waals surface area contributed by atoms with Crippen LogP contribution in [0.5, 0.6) is 5.75 Å². The van der Waals surface area contributed by atoms with Crippen LogP contribution in [0.1, 0.15) is 36.8 Å². The topological polar surface area (TPSA) is 125 Å². The summed E-state index contributed by atoms with van der Waals surface area (Å²) in [5.74, 6) is -0.273. The van der Waals surface area contributed by atoms with E-state index in [0.717, 1.165) is 0 Å². The van der Waals surface area contributed by atoms with E-state index in [1.807, 2.05) is 20.8 Å². The molecule has 1 aromatic heterocycles. The van der Waals surface area contributed by atoms with E-state index in [9.17, 15) is 13.2 Å². The minimum atomic E-state index is -4.11. The number of amides is 1. The number of nitrogen functional groups attached to an aromatic ring is 1. The highest BCUT2D eigenvalue weighted by Crippen LogP contribution is 2.35. The van der Waals surface area contributed by atoms with Gasteiger partial charge in [-0.2, -0.15) is 0 Å². The number of aromatic nitrogens is 1. The van der Waals surface area contributed by atoms with Gasteiger partial charge in [-0.15, -0.1) is 0 Å². The number of primary amides is 1. The van der Waals surface area contributed by atoms with E-state index < -0.39 is 21.2 Å². The Balaban J connectivity index is 2.40. The SMILES string of the molecule is COc1ccc(-c2nc(C(C)(C)C)cc(S(=O)(=O)c3cccc(N)c3)c2C(N)=O)cc1. The zero-order chi connectivity index (χ0) is 23.0. The normalized spacial score (nSPS) is 11.9. The van der Waals surface area contributed by atoms with Gasteiger partial charge in [0.1, 0.15) is 5.75 Å². The van der Waals surface area contributed by atoms with Crippen LogP contribution in [0.15, 0.2) is 64.4 Å². The minimum Gasteiger partial charge on any atom is -0.497 e. The van der Waals surface area contributed by atoms with Crippen molar-refractivity contribution in [2.75, 3.05) is 12.8 Å². The predicted molar refractivity (Wildman–Crippen MR) is 120 cm³/mol. The fourth-order valence-electron chi connectivity index (χ4n) is 3.12. The van der Waals surface area contributed by atoms with Gasteiger partial charge < -0.3 is 16.2 Å². The number of nitrogens with two attached hydrogens (primary N) is 2. The molecule has 0 saturated heterocycles. The number of hydrogen-bond acceptors (Lipinski definition) is 6. The molecule has 0 aliphatic heterocycles. The molecule has 0 fully saturated rings. The Morgan fingerprint density at radius 3 is 2.19 bits per heavy atom. The Morgan fingerprint density at radius 1 is 1.03 bits per heavy atom. The average molecular weight is 440 g/mol. The van der Waals surface area contributed by atoms with Gasteiger partial charge in [-0.25, -0.2) is 8.42 Å². The zero-order valence-corrected chi connectivity index (χ0v) is 18.7. The molecule has 0 aliphatic carbocycles. The molecule has 0 spiro atoms. The van der Waals surface area contributed by atoms with Crippen molar-refractivity contribution in [3.05, 3.63) is 65.9 Å². The molecule has 0 atom stereocenters. The first-order chi connectivity index (χ1) is 14.4. The van der Waals surface area contributed by atoms with Gasteiger partial charge in [-0.1, -0.05) is 26.8 Å². The molecule has 1 heterocycles. The number of nitrogens with zero attached hydrogens (tertiary/aromatic N) is 1. The standard InChI is InChI=1S/C23H25N3O4S/c1-23(2,3)19-13-18(31(28,29)17-7-5-6-15(24)12-17)20(22(25)27)21(26-19)14-8-10-16(30-4)11-9-14/h5-13H,24H2,1-4H3,(H2,25,27). The molecule has 0 radical (unpaired) electrons. The van der Waals surface area contributed by atoms with E-state index in [4.69, 9.17) is 16.2 Å². The Kier molecular flexibility index (Phi) is 5.78. The van der Waals surface area contributed by atoms with Gasteiger partial charge in [0.05, 0.1) is 28.2 Å². The lowest BCUT2D eigenvalue weighted by Gasteiger charge is -2.22. The first-order valence-corrected chi connectivity index (χ1v) is 11.0. The molecule has 0 aliphatic rings. The number of anilines is 1. The van der Waals surface area contributed by atoms with Crippen LogP contribution in [0.2, 0.25) is 0 Å². The van der Waals surface area contributed by atoms with Crippen LogP contribution in [-0.2, 0) is 15.3 Å². The summed E-state index contributed by atoms with van der Waals surface area (Å²) in [6.45, 7) is 5.73. The third-order valence-electron chi connectivity index (χ3n) is 4.82. The summed E-state index contributed by atoms with van der Waals surface area (Å²) in [4.78, 5) is 16.9. The Bertz CT molecular complexity index is 1240. The number of methoxy groups -OCH3 is 1. The van der Waals surface area contributed by atoms with Crippen molar-refractivity contribution in [1.29, 1.82) is 0 Å². The number of carbonyl (C=O) groups excluding carboxylic acids is 1. The lowest BCUT2D eigenvalue weighted by atomic mass is 9.90. The molecule has 31 heavy (non-hydrogen) atoms. The smallest absolute Gasteiger partial charge is 0.252 e. The summed E-state index contributed by atoms with van der Waals surface area (Å²) in [6, 6.07) is 14.2. The zero-order valence-electron chi connectivity index (χ0n) is 17.8. The fourth-order valence-corrected chi connectivity index (χ4v) is 4.66. The third-order valence-corrected chi connectivity index (χ3v) is 6.59. The number of pyridine rings is 1. The van der Waals surface area contributed by atoms with Crippen LogP contribution in [0.25, 0.3) is 11.3 Å². The van der Waals surface area contributed by atoms with Crippen LogP contribution in [0.4, 0.5) is 5.69 Å². The minimum absolute atomic E-state index is 0.0262. The van der Waals surface area contributed by atoms with Gasteiger partial charge in [-0.3, -0.25) is 9.78 Å². The van der Waals surface area contributed by atoms with E-state index in [0.29, 0.717) is 22.7 Å². The monoisotopic (exact) mass is 439 g/mol. The second kappa shape index (κ2) is 8.03. The summed E-state index contributed by atoms with van der Waals surface area (Å²) >= 11 is 0. The molecule has 0 saturated carbocycles. The van der Waals surface area contributed by atoms with Gasteiger partial charge in [0.2, 0.25) is 9.84 Å². The van der Waals surface area contributed by atoms with Gasteiger partial charge in [-0.05, 0) is 48.5 Å². The van der Waals surface area contributed by atoms with Gasteiger partial charge in [0.15, 0.2) is 0 Å². The molecular weight excluding hydrogens is 414 g/mol. The molecule has 7 nitrogen and oxygen atoms in total.